The van der Waals surface area contributed by atoms with Gasteiger partial charge in [-0.15, -0.1) is 11.6 Å². The predicted octanol–water partition coefficient (Wildman–Crippen LogP) is 5.08. The highest BCUT2D eigenvalue weighted by Crippen LogP contribution is 2.45. The number of hydrogen-bond acceptors (Lipinski definition) is 2. The molecular formula is C15H18BrClO2. The summed E-state index contributed by atoms with van der Waals surface area (Å²) in [6.45, 7) is 1.23. The van der Waals surface area contributed by atoms with E-state index in [4.69, 9.17) is 21.1 Å². The van der Waals surface area contributed by atoms with E-state index in [1.807, 2.05) is 12.1 Å². The summed E-state index contributed by atoms with van der Waals surface area (Å²) in [6.07, 6.45) is 6.42. The minimum atomic E-state index is 0.0606. The average Bonchev–Trinajstić information content (AvgIpc) is 2.47. The monoisotopic (exact) mass is 344 g/mol. The van der Waals surface area contributed by atoms with Crippen molar-refractivity contribution in [2.75, 3.05) is 13.2 Å². The molecule has 1 heterocycles. The lowest BCUT2D eigenvalue weighted by atomic mass is 9.84. The van der Waals surface area contributed by atoms with Crippen LogP contribution in [0.5, 0.6) is 11.5 Å². The Morgan fingerprint density at radius 2 is 1.68 bits per heavy atom. The van der Waals surface area contributed by atoms with Crippen LogP contribution in [0, 0.1) is 5.92 Å². The highest BCUT2D eigenvalue weighted by atomic mass is 79.9. The molecule has 1 atom stereocenters. The molecule has 0 bridgehead atoms. The molecule has 1 fully saturated rings. The second kappa shape index (κ2) is 5.92. The summed E-state index contributed by atoms with van der Waals surface area (Å²) in [4.78, 5) is 0. The summed E-state index contributed by atoms with van der Waals surface area (Å²) >= 11 is 10.3. The average molecular weight is 346 g/mol. The summed E-state index contributed by atoms with van der Waals surface area (Å²) in [5.41, 5.74) is 1.14. The van der Waals surface area contributed by atoms with Gasteiger partial charge in [0.1, 0.15) is 13.2 Å². The van der Waals surface area contributed by atoms with Crippen LogP contribution < -0.4 is 9.47 Å². The van der Waals surface area contributed by atoms with E-state index in [0.717, 1.165) is 21.5 Å². The van der Waals surface area contributed by atoms with E-state index in [-0.39, 0.29) is 5.38 Å². The Balaban J connectivity index is 1.86. The van der Waals surface area contributed by atoms with Crippen molar-refractivity contribution >= 4 is 27.5 Å². The Morgan fingerprint density at radius 3 is 2.37 bits per heavy atom. The maximum absolute atomic E-state index is 6.71. The first-order chi connectivity index (χ1) is 9.25. The van der Waals surface area contributed by atoms with E-state index in [0.29, 0.717) is 19.1 Å². The Bertz CT molecular complexity index is 458. The van der Waals surface area contributed by atoms with Crippen LogP contribution in [0.15, 0.2) is 16.6 Å². The third-order valence-electron chi connectivity index (χ3n) is 4.02. The van der Waals surface area contributed by atoms with E-state index < -0.39 is 0 Å². The first kappa shape index (κ1) is 13.6. The van der Waals surface area contributed by atoms with Gasteiger partial charge in [-0.1, -0.05) is 35.2 Å². The molecule has 3 rings (SSSR count). The summed E-state index contributed by atoms with van der Waals surface area (Å²) in [5, 5.41) is 0.0606. The standard InChI is InChI=1S/C15H18BrClO2/c16-12-9-14-13(18-6-7-19-14)8-11(12)15(17)10-4-2-1-3-5-10/h8-10,15H,1-7H2. The van der Waals surface area contributed by atoms with Crippen molar-refractivity contribution < 1.29 is 9.47 Å². The van der Waals surface area contributed by atoms with Gasteiger partial charge in [-0.2, -0.15) is 0 Å². The fraction of sp³-hybridized carbons (Fsp3) is 0.600. The molecule has 1 saturated carbocycles. The molecule has 104 valence electrons. The Hall–Kier alpha value is -0.410. The van der Waals surface area contributed by atoms with Crippen molar-refractivity contribution in [3.63, 3.8) is 0 Å². The predicted molar refractivity (Wildman–Crippen MR) is 80.3 cm³/mol. The second-order valence-corrected chi connectivity index (χ2v) is 6.64. The molecule has 2 aliphatic rings. The Morgan fingerprint density at radius 1 is 1.05 bits per heavy atom. The molecule has 0 saturated heterocycles. The molecule has 1 aliphatic heterocycles. The van der Waals surface area contributed by atoms with Crippen molar-refractivity contribution in [1.29, 1.82) is 0 Å². The number of rotatable bonds is 2. The van der Waals surface area contributed by atoms with E-state index >= 15 is 0 Å². The molecule has 19 heavy (non-hydrogen) atoms. The van der Waals surface area contributed by atoms with E-state index in [1.54, 1.807) is 0 Å². The van der Waals surface area contributed by atoms with Gasteiger partial charge < -0.3 is 9.47 Å². The zero-order valence-electron chi connectivity index (χ0n) is 10.8. The molecule has 2 nitrogen and oxygen atoms in total. The summed E-state index contributed by atoms with van der Waals surface area (Å²) in [5.74, 6) is 2.22. The maximum atomic E-state index is 6.71. The SMILES string of the molecule is ClC(c1cc2c(cc1Br)OCCO2)C1CCCCC1. The van der Waals surface area contributed by atoms with Gasteiger partial charge in [0.15, 0.2) is 11.5 Å². The third-order valence-corrected chi connectivity index (χ3v) is 5.30. The first-order valence-electron chi connectivity index (χ1n) is 6.99. The molecule has 0 spiro atoms. The van der Waals surface area contributed by atoms with Gasteiger partial charge in [0.25, 0.3) is 0 Å². The number of ether oxygens (including phenoxy) is 2. The van der Waals surface area contributed by atoms with Crippen LogP contribution in [0.3, 0.4) is 0 Å². The molecule has 0 radical (unpaired) electrons. The zero-order chi connectivity index (χ0) is 13.2. The molecule has 0 aromatic heterocycles. The molecule has 0 amide bonds. The largest absolute Gasteiger partial charge is 0.486 e. The summed E-state index contributed by atoms with van der Waals surface area (Å²) in [6, 6.07) is 4.03. The maximum Gasteiger partial charge on any atom is 0.162 e. The van der Waals surface area contributed by atoms with Gasteiger partial charge in [-0.25, -0.2) is 0 Å². The zero-order valence-corrected chi connectivity index (χ0v) is 13.2. The third kappa shape index (κ3) is 2.87. The molecule has 0 N–H and O–H groups in total. The lowest BCUT2D eigenvalue weighted by Crippen LogP contribution is -2.17. The normalized spacial score (nSPS) is 21.2. The smallest absolute Gasteiger partial charge is 0.162 e. The topological polar surface area (TPSA) is 18.5 Å². The van der Waals surface area contributed by atoms with Crippen molar-refractivity contribution in [3.05, 3.63) is 22.2 Å². The first-order valence-corrected chi connectivity index (χ1v) is 8.22. The van der Waals surface area contributed by atoms with Crippen LogP contribution in [0.1, 0.15) is 43.0 Å². The van der Waals surface area contributed by atoms with Crippen molar-refractivity contribution in [1.82, 2.24) is 0 Å². The van der Waals surface area contributed by atoms with E-state index in [2.05, 4.69) is 15.9 Å². The van der Waals surface area contributed by atoms with Crippen molar-refractivity contribution in [2.24, 2.45) is 5.92 Å². The lowest BCUT2D eigenvalue weighted by molar-refractivity contribution is 0.171. The minimum absolute atomic E-state index is 0.0606. The van der Waals surface area contributed by atoms with Crippen LogP contribution in [0.4, 0.5) is 0 Å². The number of hydrogen-bond donors (Lipinski definition) is 0. The van der Waals surface area contributed by atoms with Crippen molar-refractivity contribution in [2.45, 2.75) is 37.5 Å². The number of halogens is 2. The van der Waals surface area contributed by atoms with Gasteiger partial charge in [0.05, 0.1) is 5.38 Å². The van der Waals surface area contributed by atoms with Gasteiger partial charge in [0, 0.05) is 4.47 Å². The van der Waals surface area contributed by atoms with Gasteiger partial charge >= 0.3 is 0 Å². The fourth-order valence-electron chi connectivity index (χ4n) is 2.97. The van der Waals surface area contributed by atoms with Crippen LogP contribution >= 0.6 is 27.5 Å². The second-order valence-electron chi connectivity index (χ2n) is 5.32. The summed E-state index contributed by atoms with van der Waals surface area (Å²) < 4.78 is 12.3. The van der Waals surface area contributed by atoms with Crippen molar-refractivity contribution in [3.8, 4) is 11.5 Å². The summed E-state index contributed by atoms with van der Waals surface area (Å²) in [7, 11) is 0. The minimum Gasteiger partial charge on any atom is -0.486 e. The Kier molecular flexibility index (Phi) is 4.23. The number of alkyl halides is 1. The number of fused-ring (bicyclic) bond motifs is 1. The molecule has 1 unspecified atom stereocenters. The number of benzene rings is 1. The fourth-order valence-corrected chi connectivity index (χ4v) is 4.11. The molecule has 1 aliphatic carbocycles. The molecule has 4 heteroatoms. The van der Waals surface area contributed by atoms with Gasteiger partial charge in [0.2, 0.25) is 0 Å². The van der Waals surface area contributed by atoms with Crippen LogP contribution in [-0.2, 0) is 0 Å². The quantitative estimate of drug-likeness (QED) is 0.696. The van der Waals surface area contributed by atoms with Crippen LogP contribution in [-0.4, -0.2) is 13.2 Å². The lowest BCUT2D eigenvalue weighted by Gasteiger charge is -2.28. The molecule has 1 aromatic carbocycles. The molecular weight excluding hydrogens is 328 g/mol. The molecule has 1 aromatic rings. The van der Waals surface area contributed by atoms with Gasteiger partial charge in [-0.05, 0) is 36.5 Å². The van der Waals surface area contributed by atoms with Crippen LogP contribution in [0.2, 0.25) is 0 Å². The highest BCUT2D eigenvalue weighted by molar-refractivity contribution is 9.10. The van der Waals surface area contributed by atoms with E-state index in [1.165, 1.54) is 32.1 Å². The Labute approximate surface area is 127 Å². The van der Waals surface area contributed by atoms with Crippen LogP contribution in [0.25, 0.3) is 0 Å². The van der Waals surface area contributed by atoms with E-state index in [9.17, 15) is 0 Å². The van der Waals surface area contributed by atoms with Gasteiger partial charge in [-0.3, -0.25) is 0 Å². The highest BCUT2D eigenvalue weighted by Gasteiger charge is 2.26.